The molecule has 0 aliphatic carbocycles. The van der Waals surface area contributed by atoms with Crippen molar-refractivity contribution in [3.05, 3.63) is 30.9 Å². The Morgan fingerprint density at radius 1 is 1.09 bits per heavy atom. The standard InChI is InChI=1S/C15H16N6O/c22-14-9-18-15-12(8-16-10-19-15)21(14)11-3-4-13(17-7-11)20-5-1-2-6-20/h3-4,7-8,10H,1-2,5-6,9H2,(H,16,18,19). The van der Waals surface area contributed by atoms with E-state index in [1.165, 1.54) is 19.2 Å². The van der Waals surface area contributed by atoms with Crippen molar-refractivity contribution >= 4 is 28.9 Å². The summed E-state index contributed by atoms with van der Waals surface area (Å²) >= 11 is 0. The number of aromatic nitrogens is 3. The number of nitrogens with one attached hydrogen (secondary N) is 1. The highest BCUT2D eigenvalue weighted by Gasteiger charge is 2.27. The summed E-state index contributed by atoms with van der Waals surface area (Å²) in [6.45, 7) is 2.32. The van der Waals surface area contributed by atoms with Gasteiger partial charge in [0.2, 0.25) is 0 Å². The Bertz CT molecular complexity index is 695. The molecular formula is C15H16N6O. The number of nitrogens with zero attached hydrogens (tertiary/aromatic N) is 5. The molecular weight excluding hydrogens is 280 g/mol. The summed E-state index contributed by atoms with van der Waals surface area (Å²) in [4.78, 5) is 28.8. The van der Waals surface area contributed by atoms with Crippen molar-refractivity contribution in [2.24, 2.45) is 0 Å². The Morgan fingerprint density at radius 3 is 2.73 bits per heavy atom. The molecule has 2 aliphatic rings. The quantitative estimate of drug-likeness (QED) is 0.906. The minimum atomic E-state index is -0.0435. The third-order valence-electron chi connectivity index (χ3n) is 4.01. The van der Waals surface area contributed by atoms with Crippen molar-refractivity contribution in [1.82, 2.24) is 15.0 Å². The lowest BCUT2D eigenvalue weighted by molar-refractivity contribution is -0.116. The van der Waals surface area contributed by atoms with Crippen LogP contribution >= 0.6 is 0 Å². The fraction of sp³-hybridized carbons (Fsp3) is 0.333. The second kappa shape index (κ2) is 5.25. The minimum absolute atomic E-state index is 0.0435. The number of hydrogen-bond donors (Lipinski definition) is 1. The summed E-state index contributed by atoms with van der Waals surface area (Å²) < 4.78 is 0. The molecule has 112 valence electrons. The Morgan fingerprint density at radius 2 is 1.95 bits per heavy atom. The van der Waals surface area contributed by atoms with E-state index in [1.54, 1.807) is 17.3 Å². The summed E-state index contributed by atoms with van der Waals surface area (Å²) in [5.74, 6) is 1.59. The van der Waals surface area contributed by atoms with Gasteiger partial charge in [0, 0.05) is 13.1 Å². The van der Waals surface area contributed by atoms with Crippen LogP contribution in [0.5, 0.6) is 0 Å². The first kappa shape index (κ1) is 13.0. The third kappa shape index (κ3) is 2.14. The highest BCUT2D eigenvalue weighted by atomic mass is 16.2. The van der Waals surface area contributed by atoms with Gasteiger partial charge in [0.1, 0.15) is 17.8 Å². The van der Waals surface area contributed by atoms with E-state index in [1.807, 2.05) is 12.1 Å². The number of fused-ring (bicyclic) bond motifs is 1. The van der Waals surface area contributed by atoms with Crippen LogP contribution in [-0.2, 0) is 4.79 Å². The lowest BCUT2D eigenvalue weighted by Crippen LogP contribution is -2.37. The van der Waals surface area contributed by atoms with Gasteiger partial charge in [-0.2, -0.15) is 0 Å². The van der Waals surface area contributed by atoms with Gasteiger partial charge in [0.05, 0.1) is 24.6 Å². The molecule has 0 aromatic carbocycles. The molecule has 0 bridgehead atoms. The molecule has 0 atom stereocenters. The van der Waals surface area contributed by atoms with Crippen molar-refractivity contribution < 1.29 is 4.79 Å². The van der Waals surface area contributed by atoms with Gasteiger partial charge in [0.25, 0.3) is 5.91 Å². The van der Waals surface area contributed by atoms with E-state index in [-0.39, 0.29) is 12.5 Å². The largest absolute Gasteiger partial charge is 0.359 e. The molecule has 22 heavy (non-hydrogen) atoms. The zero-order chi connectivity index (χ0) is 14.9. The molecule has 2 aromatic rings. The molecule has 0 unspecified atom stereocenters. The van der Waals surface area contributed by atoms with Crippen molar-refractivity contribution in [1.29, 1.82) is 0 Å². The van der Waals surface area contributed by atoms with E-state index in [0.29, 0.717) is 11.5 Å². The van der Waals surface area contributed by atoms with Crippen LogP contribution in [0, 0.1) is 0 Å². The Balaban J connectivity index is 1.67. The summed E-state index contributed by atoms with van der Waals surface area (Å²) in [5.41, 5.74) is 1.40. The van der Waals surface area contributed by atoms with E-state index >= 15 is 0 Å². The molecule has 0 radical (unpaired) electrons. The van der Waals surface area contributed by atoms with Crippen LogP contribution in [0.25, 0.3) is 0 Å². The van der Waals surface area contributed by atoms with E-state index in [9.17, 15) is 4.79 Å². The zero-order valence-electron chi connectivity index (χ0n) is 12.1. The smallest absolute Gasteiger partial charge is 0.251 e. The molecule has 2 aliphatic heterocycles. The maximum Gasteiger partial charge on any atom is 0.251 e. The molecule has 1 fully saturated rings. The maximum atomic E-state index is 12.3. The zero-order valence-corrected chi connectivity index (χ0v) is 12.1. The van der Waals surface area contributed by atoms with Crippen LogP contribution in [0.2, 0.25) is 0 Å². The molecule has 0 spiro atoms. The molecule has 7 nitrogen and oxygen atoms in total. The minimum Gasteiger partial charge on any atom is -0.359 e. The SMILES string of the molecule is O=C1CNc2ncncc2N1c1ccc(N2CCCC2)nc1. The predicted molar refractivity (Wildman–Crippen MR) is 83.4 cm³/mol. The molecule has 0 saturated carbocycles. The number of carbonyl (C=O) groups excluding carboxylic acids is 1. The van der Waals surface area contributed by atoms with Gasteiger partial charge < -0.3 is 10.2 Å². The molecule has 2 aromatic heterocycles. The fourth-order valence-corrected chi connectivity index (χ4v) is 2.92. The first-order chi connectivity index (χ1) is 10.8. The molecule has 1 N–H and O–H groups in total. The number of rotatable bonds is 2. The Hall–Kier alpha value is -2.70. The fourth-order valence-electron chi connectivity index (χ4n) is 2.92. The van der Waals surface area contributed by atoms with Gasteiger partial charge in [-0.05, 0) is 25.0 Å². The first-order valence-electron chi connectivity index (χ1n) is 7.41. The molecule has 4 rings (SSSR count). The topological polar surface area (TPSA) is 74.2 Å². The van der Waals surface area contributed by atoms with Gasteiger partial charge in [-0.15, -0.1) is 0 Å². The number of hydrogen-bond acceptors (Lipinski definition) is 6. The van der Waals surface area contributed by atoms with Gasteiger partial charge in [-0.1, -0.05) is 0 Å². The number of amides is 1. The van der Waals surface area contributed by atoms with Gasteiger partial charge >= 0.3 is 0 Å². The van der Waals surface area contributed by atoms with Crippen molar-refractivity contribution in [3.8, 4) is 0 Å². The average Bonchev–Trinajstić information content (AvgIpc) is 3.09. The summed E-state index contributed by atoms with van der Waals surface area (Å²) in [6.07, 6.45) is 7.28. The number of pyridine rings is 1. The lowest BCUT2D eigenvalue weighted by Gasteiger charge is -2.28. The van der Waals surface area contributed by atoms with Gasteiger partial charge in [-0.3, -0.25) is 9.69 Å². The Kier molecular flexibility index (Phi) is 3.10. The lowest BCUT2D eigenvalue weighted by atomic mass is 10.2. The van der Waals surface area contributed by atoms with Crippen LogP contribution in [-0.4, -0.2) is 40.5 Å². The van der Waals surface area contributed by atoms with Crippen molar-refractivity contribution in [2.75, 3.05) is 34.8 Å². The number of carbonyl (C=O) groups is 1. The molecule has 7 heteroatoms. The Labute approximate surface area is 128 Å². The van der Waals surface area contributed by atoms with E-state index in [4.69, 9.17) is 0 Å². The highest BCUT2D eigenvalue weighted by molar-refractivity contribution is 6.07. The number of anilines is 4. The van der Waals surface area contributed by atoms with Crippen LogP contribution in [0.4, 0.5) is 23.0 Å². The highest BCUT2D eigenvalue weighted by Crippen LogP contribution is 2.33. The monoisotopic (exact) mass is 296 g/mol. The van der Waals surface area contributed by atoms with Crippen LogP contribution in [0.1, 0.15) is 12.8 Å². The first-order valence-corrected chi connectivity index (χ1v) is 7.41. The van der Waals surface area contributed by atoms with Crippen LogP contribution in [0.15, 0.2) is 30.9 Å². The molecule has 1 saturated heterocycles. The second-order valence-corrected chi connectivity index (χ2v) is 5.41. The van der Waals surface area contributed by atoms with Gasteiger partial charge in [-0.25, -0.2) is 15.0 Å². The second-order valence-electron chi connectivity index (χ2n) is 5.41. The third-order valence-corrected chi connectivity index (χ3v) is 4.01. The van der Waals surface area contributed by atoms with E-state index in [2.05, 4.69) is 25.2 Å². The molecule has 1 amide bonds. The van der Waals surface area contributed by atoms with E-state index < -0.39 is 0 Å². The van der Waals surface area contributed by atoms with Crippen molar-refractivity contribution in [2.45, 2.75) is 12.8 Å². The maximum absolute atomic E-state index is 12.3. The predicted octanol–water partition coefficient (Wildman–Crippen LogP) is 1.56. The summed E-state index contributed by atoms with van der Waals surface area (Å²) in [7, 11) is 0. The summed E-state index contributed by atoms with van der Waals surface area (Å²) in [6, 6.07) is 3.90. The van der Waals surface area contributed by atoms with Crippen LogP contribution < -0.4 is 15.1 Å². The van der Waals surface area contributed by atoms with Crippen molar-refractivity contribution in [3.63, 3.8) is 0 Å². The van der Waals surface area contributed by atoms with E-state index in [0.717, 1.165) is 24.6 Å². The van der Waals surface area contributed by atoms with Crippen LogP contribution in [0.3, 0.4) is 0 Å². The molecule has 4 heterocycles. The normalized spacial score (nSPS) is 17.4. The summed E-state index contributed by atoms with van der Waals surface area (Å²) in [5, 5.41) is 3.00. The van der Waals surface area contributed by atoms with Gasteiger partial charge in [0.15, 0.2) is 5.82 Å². The average molecular weight is 296 g/mol.